The zero-order valence-electron chi connectivity index (χ0n) is 6.67. The highest BCUT2D eigenvalue weighted by Gasteiger charge is 1.92. The van der Waals surface area contributed by atoms with E-state index in [1.165, 1.54) is 0 Å². The van der Waals surface area contributed by atoms with Gasteiger partial charge in [-0.05, 0) is 13.3 Å². The summed E-state index contributed by atoms with van der Waals surface area (Å²) in [7, 11) is 0. The molecule has 0 bridgehead atoms. The molecule has 0 fully saturated rings. The fourth-order valence-electron chi connectivity index (χ4n) is 0.524. The molecule has 0 aromatic rings. The normalized spacial score (nSPS) is 13.5. The second-order valence-electron chi connectivity index (χ2n) is 2.08. The van der Waals surface area contributed by atoms with Gasteiger partial charge < -0.3 is 14.6 Å². The van der Waals surface area contributed by atoms with Gasteiger partial charge in [0.25, 0.3) is 0 Å². The van der Waals surface area contributed by atoms with Crippen LogP contribution in [0.3, 0.4) is 0 Å². The second-order valence-corrected chi connectivity index (χ2v) is 2.08. The molecule has 0 rings (SSSR count). The first-order chi connectivity index (χ1) is 4.77. The summed E-state index contributed by atoms with van der Waals surface area (Å²) >= 11 is 0. The smallest absolute Gasteiger partial charge is 0.151 e. The molecule has 0 aromatic heterocycles. The summed E-state index contributed by atoms with van der Waals surface area (Å²) in [6.07, 6.45) is 0.347. The third-order valence-corrected chi connectivity index (χ3v) is 0.935. The van der Waals surface area contributed by atoms with E-state index in [4.69, 9.17) is 14.6 Å². The number of hydrogen-bond acceptors (Lipinski definition) is 3. The van der Waals surface area contributed by atoms with Crippen LogP contribution in [0.5, 0.6) is 0 Å². The van der Waals surface area contributed by atoms with Crippen molar-refractivity contribution in [1.82, 2.24) is 0 Å². The van der Waals surface area contributed by atoms with E-state index in [1.54, 1.807) is 6.92 Å². The van der Waals surface area contributed by atoms with E-state index < -0.39 is 6.29 Å². The van der Waals surface area contributed by atoms with Crippen molar-refractivity contribution >= 4 is 0 Å². The molecular formula is C7H16O3. The Bertz CT molecular complexity index is 63.9. The lowest BCUT2D eigenvalue weighted by Gasteiger charge is -2.05. The first-order valence-corrected chi connectivity index (χ1v) is 3.64. The molecular weight excluding hydrogens is 132 g/mol. The monoisotopic (exact) mass is 148 g/mol. The van der Waals surface area contributed by atoms with Crippen LogP contribution < -0.4 is 0 Å². The van der Waals surface area contributed by atoms with Gasteiger partial charge in [-0.1, -0.05) is 6.92 Å². The van der Waals surface area contributed by atoms with Crippen molar-refractivity contribution in [2.24, 2.45) is 0 Å². The van der Waals surface area contributed by atoms with Gasteiger partial charge in [0.15, 0.2) is 6.29 Å². The summed E-state index contributed by atoms with van der Waals surface area (Å²) in [6.45, 7) is 5.44. The molecule has 62 valence electrons. The van der Waals surface area contributed by atoms with E-state index in [-0.39, 0.29) is 0 Å². The maximum atomic E-state index is 8.63. The molecule has 0 saturated carbocycles. The molecule has 1 atom stereocenters. The fraction of sp³-hybridized carbons (Fsp3) is 1.00. The van der Waals surface area contributed by atoms with E-state index >= 15 is 0 Å². The molecule has 0 heterocycles. The van der Waals surface area contributed by atoms with Gasteiger partial charge in [0, 0.05) is 6.61 Å². The molecule has 3 heteroatoms. The molecule has 3 nitrogen and oxygen atoms in total. The minimum absolute atomic E-state index is 0.470. The van der Waals surface area contributed by atoms with Crippen LogP contribution in [-0.4, -0.2) is 31.2 Å². The Kier molecular flexibility index (Phi) is 6.91. The summed E-state index contributed by atoms with van der Waals surface area (Å²) in [6, 6.07) is 0. The third-order valence-electron chi connectivity index (χ3n) is 0.935. The first-order valence-electron chi connectivity index (χ1n) is 3.64. The lowest BCUT2D eigenvalue weighted by Crippen LogP contribution is -2.11. The van der Waals surface area contributed by atoms with Gasteiger partial charge in [-0.3, -0.25) is 0 Å². The predicted octanol–water partition coefficient (Wildman–Crippen LogP) is 0.768. The first kappa shape index (κ1) is 9.88. The fourth-order valence-corrected chi connectivity index (χ4v) is 0.524. The van der Waals surface area contributed by atoms with Crippen molar-refractivity contribution in [3.05, 3.63) is 0 Å². The van der Waals surface area contributed by atoms with Crippen molar-refractivity contribution in [1.29, 1.82) is 0 Å². The zero-order valence-corrected chi connectivity index (χ0v) is 6.67. The van der Waals surface area contributed by atoms with Gasteiger partial charge in [0.05, 0.1) is 13.2 Å². The van der Waals surface area contributed by atoms with Crippen LogP contribution in [0, 0.1) is 0 Å². The Morgan fingerprint density at radius 2 is 2.00 bits per heavy atom. The topological polar surface area (TPSA) is 38.7 Å². The average Bonchev–Trinajstić information content (AvgIpc) is 1.87. The SMILES string of the molecule is CCCOCCOC(C)O. The van der Waals surface area contributed by atoms with E-state index in [0.29, 0.717) is 13.2 Å². The Morgan fingerprint density at radius 1 is 1.30 bits per heavy atom. The van der Waals surface area contributed by atoms with Crippen molar-refractivity contribution in [3.63, 3.8) is 0 Å². The quantitative estimate of drug-likeness (QED) is 0.446. The van der Waals surface area contributed by atoms with Crippen LogP contribution in [0.1, 0.15) is 20.3 Å². The molecule has 10 heavy (non-hydrogen) atoms. The highest BCUT2D eigenvalue weighted by atomic mass is 16.6. The van der Waals surface area contributed by atoms with E-state index in [2.05, 4.69) is 6.92 Å². The molecule has 0 aromatic carbocycles. The molecule has 0 radical (unpaired) electrons. The lowest BCUT2D eigenvalue weighted by atomic mass is 10.5. The van der Waals surface area contributed by atoms with Crippen molar-refractivity contribution < 1.29 is 14.6 Å². The Labute approximate surface area is 62.0 Å². The van der Waals surface area contributed by atoms with E-state index in [0.717, 1.165) is 13.0 Å². The van der Waals surface area contributed by atoms with Crippen molar-refractivity contribution in [3.8, 4) is 0 Å². The summed E-state index contributed by atoms with van der Waals surface area (Å²) in [5, 5.41) is 8.63. The highest BCUT2D eigenvalue weighted by Crippen LogP contribution is 1.85. The van der Waals surface area contributed by atoms with Crippen LogP contribution in [-0.2, 0) is 9.47 Å². The van der Waals surface area contributed by atoms with Gasteiger partial charge >= 0.3 is 0 Å². The number of aliphatic hydroxyl groups is 1. The molecule has 0 amide bonds. The van der Waals surface area contributed by atoms with Crippen LogP contribution in [0.15, 0.2) is 0 Å². The van der Waals surface area contributed by atoms with Gasteiger partial charge in [-0.15, -0.1) is 0 Å². The summed E-state index contributed by atoms with van der Waals surface area (Å²) in [4.78, 5) is 0. The van der Waals surface area contributed by atoms with Crippen LogP contribution in [0.25, 0.3) is 0 Å². The molecule has 0 spiro atoms. The molecule has 0 aliphatic carbocycles. The summed E-state index contributed by atoms with van der Waals surface area (Å²) in [5.74, 6) is 0. The number of aliphatic hydroxyl groups excluding tert-OH is 1. The van der Waals surface area contributed by atoms with Crippen LogP contribution in [0.2, 0.25) is 0 Å². The minimum Gasteiger partial charge on any atom is -0.379 e. The number of ether oxygens (including phenoxy) is 2. The second kappa shape index (κ2) is 6.99. The number of rotatable bonds is 6. The summed E-state index contributed by atoms with van der Waals surface area (Å²) < 4.78 is 9.92. The van der Waals surface area contributed by atoms with Crippen molar-refractivity contribution in [2.75, 3.05) is 19.8 Å². The molecule has 0 aliphatic rings. The maximum absolute atomic E-state index is 8.63. The van der Waals surface area contributed by atoms with Crippen LogP contribution >= 0.6 is 0 Å². The molecule has 1 unspecified atom stereocenters. The Balaban J connectivity index is 2.77. The Hall–Kier alpha value is -0.120. The van der Waals surface area contributed by atoms with Gasteiger partial charge in [0.1, 0.15) is 0 Å². The largest absolute Gasteiger partial charge is 0.379 e. The standard InChI is InChI=1S/C7H16O3/c1-3-4-9-5-6-10-7(2)8/h7-8H,3-6H2,1-2H3. The highest BCUT2D eigenvalue weighted by molar-refractivity contribution is 4.30. The van der Waals surface area contributed by atoms with Crippen molar-refractivity contribution in [2.45, 2.75) is 26.6 Å². The third kappa shape index (κ3) is 7.88. The number of hydrogen-bond donors (Lipinski definition) is 1. The van der Waals surface area contributed by atoms with Gasteiger partial charge in [-0.25, -0.2) is 0 Å². The predicted molar refractivity (Wildman–Crippen MR) is 38.7 cm³/mol. The zero-order chi connectivity index (χ0) is 7.82. The Morgan fingerprint density at radius 3 is 2.50 bits per heavy atom. The lowest BCUT2D eigenvalue weighted by molar-refractivity contribution is -0.0993. The van der Waals surface area contributed by atoms with E-state index in [1.807, 2.05) is 0 Å². The molecule has 0 aliphatic heterocycles. The molecule has 0 saturated heterocycles. The van der Waals surface area contributed by atoms with Gasteiger partial charge in [-0.2, -0.15) is 0 Å². The maximum Gasteiger partial charge on any atom is 0.151 e. The van der Waals surface area contributed by atoms with Gasteiger partial charge in [0.2, 0.25) is 0 Å². The average molecular weight is 148 g/mol. The van der Waals surface area contributed by atoms with Crippen LogP contribution in [0.4, 0.5) is 0 Å². The molecule has 1 N–H and O–H groups in total. The summed E-state index contributed by atoms with van der Waals surface area (Å²) in [5.41, 5.74) is 0. The van der Waals surface area contributed by atoms with E-state index in [9.17, 15) is 0 Å². The minimum atomic E-state index is -0.676.